The number of amides is 3. The lowest BCUT2D eigenvalue weighted by molar-refractivity contribution is -0.146. The number of piperidine rings is 1. The summed E-state index contributed by atoms with van der Waals surface area (Å²) < 4.78 is 0. The van der Waals surface area contributed by atoms with Gasteiger partial charge in [0, 0.05) is 26.7 Å². The number of carboxylic acid groups (broad SMARTS) is 1. The molecular weight excluding hydrogens is 474 g/mol. The van der Waals surface area contributed by atoms with E-state index in [1.165, 1.54) is 11.9 Å². The van der Waals surface area contributed by atoms with Gasteiger partial charge in [-0.15, -0.1) is 0 Å². The minimum Gasteiger partial charge on any atom is -0.480 e. The Morgan fingerprint density at radius 2 is 1.62 bits per heavy atom. The highest BCUT2D eigenvalue weighted by molar-refractivity contribution is 5.90. The number of likely N-dealkylation sites (tertiary alicyclic amines) is 2. The molecule has 10 nitrogen and oxygen atoms in total. The Morgan fingerprint density at radius 3 is 2.16 bits per heavy atom. The molecule has 2 saturated heterocycles. The van der Waals surface area contributed by atoms with E-state index in [-0.39, 0.29) is 42.3 Å². The van der Waals surface area contributed by atoms with Gasteiger partial charge in [-0.1, -0.05) is 41.0 Å². The largest absolute Gasteiger partial charge is 0.480 e. The molecule has 2 heterocycles. The van der Waals surface area contributed by atoms with Crippen molar-refractivity contribution in [3.8, 4) is 0 Å². The minimum absolute atomic E-state index is 0.100. The number of carboxylic acids is 1. The van der Waals surface area contributed by atoms with Gasteiger partial charge in [-0.25, -0.2) is 0 Å². The zero-order valence-electron chi connectivity index (χ0n) is 24.1. The van der Waals surface area contributed by atoms with Gasteiger partial charge in [-0.05, 0) is 57.2 Å². The maximum absolute atomic E-state index is 13.9. The molecule has 0 aromatic rings. The second-order valence-electron chi connectivity index (χ2n) is 12.3. The third-order valence-electron chi connectivity index (χ3n) is 7.91. The Bertz CT molecular complexity index is 826. The van der Waals surface area contributed by atoms with Crippen LogP contribution in [0.3, 0.4) is 0 Å². The fraction of sp³-hybridized carbons (Fsp3) is 0.852. The van der Waals surface area contributed by atoms with Crippen molar-refractivity contribution in [3.05, 3.63) is 0 Å². The summed E-state index contributed by atoms with van der Waals surface area (Å²) in [7, 11) is 5.26. The predicted molar refractivity (Wildman–Crippen MR) is 143 cm³/mol. The molecule has 0 aliphatic carbocycles. The molecule has 3 amide bonds. The molecule has 212 valence electrons. The van der Waals surface area contributed by atoms with Crippen molar-refractivity contribution in [2.24, 2.45) is 11.3 Å². The van der Waals surface area contributed by atoms with Crippen molar-refractivity contribution in [2.45, 2.75) is 90.9 Å². The average molecular weight is 524 g/mol. The van der Waals surface area contributed by atoms with Crippen LogP contribution in [0.5, 0.6) is 0 Å². The van der Waals surface area contributed by atoms with Crippen molar-refractivity contribution in [1.29, 1.82) is 0 Å². The summed E-state index contributed by atoms with van der Waals surface area (Å²) in [6, 6.07) is -1.48. The van der Waals surface area contributed by atoms with Crippen LogP contribution in [-0.2, 0) is 19.2 Å². The van der Waals surface area contributed by atoms with Crippen LogP contribution in [0.25, 0.3) is 0 Å². The number of carbonyl (C=O) groups is 4. The number of hydrogen-bond donors (Lipinski definition) is 2. The van der Waals surface area contributed by atoms with Gasteiger partial charge in [-0.2, -0.15) is 0 Å². The Labute approximate surface area is 222 Å². The third kappa shape index (κ3) is 8.14. The van der Waals surface area contributed by atoms with E-state index in [0.29, 0.717) is 13.0 Å². The van der Waals surface area contributed by atoms with Gasteiger partial charge in [0.25, 0.3) is 0 Å². The second kappa shape index (κ2) is 13.0. The zero-order valence-corrected chi connectivity index (χ0v) is 24.1. The first-order chi connectivity index (χ1) is 17.1. The van der Waals surface area contributed by atoms with Gasteiger partial charge >= 0.3 is 5.97 Å². The lowest BCUT2D eigenvalue weighted by atomic mass is 9.84. The molecule has 2 rings (SSSR count). The van der Waals surface area contributed by atoms with Crippen molar-refractivity contribution in [3.63, 3.8) is 0 Å². The topological polar surface area (TPSA) is 113 Å². The van der Waals surface area contributed by atoms with E-state index < -0.39 is 23.5 Å². The van der Waals surface area contributed by atoms with Gasteiger partial charge < -0.3 is 20.2 Å². The third-order valence-corrected chi connectivity index (χ3v) is 7.91. The summed E-state index contributed by atoms with van der Waals surface area (Å²) in [6.45, 7) is 11.8. The fourth-order valence-corrected chi connectivity index (χ4v) is 5.54. The molecule has 10 heteroatoms. The summed E-state index contributed by atoms with van der Waals surface area (Å²) in [5.41, 5.74) is -0.485. The lowest BCUT2D eigenvalue weighted by Crippen LogP contribution is -2.61. The second-order valence-corrected chi connectivity index (χ2v) is 12.3. The van der Waals surface area contributed by atoms with E-state index >= 15 is 0 Å². The van der Waals surface area contributed by atoms with Gasteiger partial charge in [-0.3, -0.25) is 29.0 Å². The van der Waals surface area contributed by atoms with E-state index in [1.807, 2.05) is 27.8 Å². The van der Waals surface area contributed by atoms with Crippen molar-refractivity contribution in [1.82, 2.24) is 24.9 Å². The van der Waals surface area contributed by atoms with Gasteiger partial charge in [0.05, 0.1) is 12.1 Å². The molecule has 0 saturated carbocycles. The Hall–Kier alpha value is -2.20. The van der Waals surface area contributed by atoms with Crippen LogP contribution in [-0.4, -0.2) is 120 Å². The minimum atomic E-state index is -1.04. The molecule has 2 fully saturated rings. The standard InChI is InChI=1S/C27H49N5O5/c1-18(2)21(16-32-15-11-13-20(32)25(36)30(7)17-22(33)34)31(8)26(37)23(27(3,4)5)28-24(35)19-12-9-10-14-29(19)6/h18-21,23H,9-17H2,1-8H3,(H,28,35)(H,33,34)/t19-,20+,21-,23?/m1/s1. The molecule has 0 bridgehead atoms. The maximum atomic E-state index is 13.9. The maximum Gasteiger partial charge on any atom is 0.323 e. The molecule has 2 aliphatic heterocycles. The van der Waals surface area contributed by atoms with Gasteiger partial charge in [0.2, 0.25) is 17.7 Å². The van der Waals surface area contributed by atoms with Crippen LogP contribution >= 0.6 is 0 Å². The Kier molecular flexibility index (Phi) is 10.9. The predicted octanol–water partition coefficient (Wildman–Crippen LogP) is 1.49. The van der Waals surface area contributed by atoms with E-state index in [1.54, 1.807) is 11.9 Å². The van der Waals surface area contributed by atoms with Crippen molar-refractivity contribution >= 4 is 23.7 Å². The average Bonchev–Trinajstić information content (AvgIpc) is 3.26. The zero-order chi connectivity index (χ0) is 28.1. The summed E-state index contributed by atoms with van der Waals surface area (Å²) in [5, 5.41) is 12.2. The van der Waals surface area contributed by atoms with Crippen LogP contribution in [0.2, 0.25) is 0 Å². The normalized spacial score (nSPS) is 22.9. The van der Waals surface area contributed by atoms with Crippen LogP contribution in [0.15, 0.2) is 0 Å². The van der Waals surface area contributed by atoms with Gasteiger partial charge in [0.15, 0.2) is 0 Å². The Balaban J connectivity index is 2.18. The first-order valence-corrected chi connectivity index (χ1v) is 13.6. The summed E-state index contributed by atoms with van der Waals surface area (Å²) in [4.78, 5) is 58.3. The molecule has 2 N–H and O–H groups in total. The van der Waals surface area contributed by atoms with E-state index in [0.717, 1.165) is 38.8 Å². The lowest BCUT2D eigenvalue weighted by Gasteiger charge is -2.41. The van der Waals surface area contributed by atoms with Crippen LogP contribution in [0.4, 0.5) is 0 Å². The fourth-order valence-electron chi connectivity index (χ4n) is 5.54. The molecule has 0 aromatic heterocycles. The van der Waals surface area contributed by atoms with Gasteiger partial charge in [0.1, 0.15) is 12.6 Å². The number of nitrogens with zero attached hydrogens (tertiary/aromatic N) is 4. The highest BCUT2D eigenvalue weighted by Gasteiger charge is 2.41. The highest BCUT2D eigenvalue weighted by Crippen LogP contribution is 2.26. The molecule has 0 spiro atoms. The van der Waals surface area contributed by atoms with Crippen LogP contribution < -0.4 is 5.32 Å². The number of aliphatic carboxylic acids is 1. The molecule has 4 atom stereocenters. The number of likely N-dealkylation sites (N-methyl/N-ethyl adjacent to an activating group) is 3. The molecule has 1 unspecified atom stereocenters. The number of rotatable bonds is 10. The quantitative estimate of drug-likeness (QED) is 0.446. The van der Waals surface area contributed by atoms with Crippen molar-refractivity contribution in [2.75, 3.05) is 47.3 Å². The van der Waals surface area contributed by atoms with E-state index in [2.05, 4.69) is 29.0 Å². The molecule has 37 heavy (non-hydrogen) atoms. The Morgan fingerprint density at radius 1 is 1.00 bits per heavy atom. The monoisotopic (exact) mass is 523 g/mol. The van der Waals surface area contributed by atoms with Crippen molar-refractivity contribution < 1.29 is 24.3 Å². The first-order valence-electron chi connectivity index (χ1n) is 13.6. The number of hydrogen-bond acceptors (Lipinski definition) is 6. The highest BCUT2D eigenvalue weighted by atomic mass is 16.4. The smallest absolute Gasteiger partial charge is 0.323 e. The van der Waals surface area contributed by atoms with E-state index in [4.69, 9.17) is 5.11 Å². The number of carbonyl (C=O) groups excluding carboxylic acids is 3. The SMILES string of the molecule is CC(C)[C@@H](CN1CCC[C@H]1C(=O)N(C)CC(=O)O)N(C)C(=O)C(NC(=O)[C@H]1CCCCN1C)C(C)(C)C. The first kappa shape index (κ1) is 31.0. The molecule has 0 radical (unpaired) electrons. The van der Waals surface area contributed by atoms with Crippen LogP contribution in [0, 0.1) is 11.3 Å². The van der Waals surface area contributed by atoms with E-state index in [9.17, 15) is 19.2 Å². The summed E-state index contributed by atoms with van der Waals surface area (Å²) in [6.07, 6.45) is 4.38. The molecular formula is C27H49N5O5. The summed E-state index contributed by atoms with van der Waals surface area (Å²) >= 11 is 0. The number of nitrogens with one attached hydrogen (secondary N) is 1. The van der Waals surface area contributed by atoms with Crippen LogP contribution in [0.1, 0.15) is 66.7 Å². The molecule has 0 aromatic carbocycles. The molecule has 2 aliphatic rings. The summed E-state index contributed by atoms with van der Waals surface area (Å²) in [5.74, 6) is -1.36.